The number of benzene rings is 2. The van der Waals surface area contributed by atoms with Crippen molar-refractivity contribution >= 4 is 26.8 Å². The van der Waals surface area contributed by atoms with Crippen LogP contribution in [0.25, 0.3) is 10.9 Å². The van der Waals surface area contributed by atoms with Gasteiger partial charge in [0.05, 0.1) is 23.8 Å². The van der Waals surface area contributed by atoms with E-state index in [9.17, 15) is 4.79 Å². The first kappa shape index (κ1) is 12.1. The standard InChI is InChI=1S/C15H11BrN2O/c16-12-7-5-11(6-8-12)9-18-10-17-14-4-2-1-3-13(14)15(18)19/h1-8,10H,9H2. The van der Waals surface area contributed by atoms with Crippen LogP contribution >= 0.6 is 15.9 Å². The highest BCUT2D eigenvalue weighted by atomic mass is 79.9. The number of halogens is 1. The van der Waals surface area contributed by atoms with E-state index in [0.717, 1.165) is 15.6 Å². The van der Waals surface area contributed by atoms with Crippen LogP contribution in [0.15, 0.2) is 64.1 Å². The SMILES string of the molecule is O=c1c2ccccc2ncn1Cc1ccc(Br)cc1. The zero-order valence-electron chi connectivity index (χ0n) is 10.1. The van der Waals surface area contributed by atoms with Crippen molar-refractivity contribution in [2.24, 2.45) is 0 Å². The summed E-state index contributed by atoms with van der Waals surface area (Å²) in [5.41, 5.74) is 1.80. The van der Waals surface area contributed by atoms with E-state index in [1.807, 2.05) is 48.5 Å². The number of para-hydroxylation sites is 1. The van der Waals surface area contributed by atoms with E-state index >= 15 is 0 Å². The summed E-state index contributed by atoms with van der Waals surface area (Å²) >= 11 is 3.40. The van der Waals surface area contributed by atoms with Crippen molar-refractivity contribution < 1.29 is 0 Å². The van der Waals surface area contributed by atoms with Crippen molar-refractivity contribution in [3.05, 3.63) is 75.2 Å². The maximum absolute atomic E-state index is 12.3. The lowest BCUT2D eigenvalue weighted by atomic mass is 10.2. The van der Waals surface area contributed by atoms with Crippen LogP contribution in [0.5, 0.6) is 0 Å². The molecule has 0 fully saturated rings. The first-order valence-corrected chi connectivity index (χ1v) is 6.72. The molecule has 0 aliphatic carbocycles. The molecule has 0 aliphatic rings. The van der Waals surface area contributed by atoms with Crippen LogP contribution in [-0.4, -0.2) is 9.55 Å². The summed E-state index contributed by atoms with van der Waals surface area (Å²) in [6.45, 7) is 0.532. The van der Waals surface area contributed by atoms with E-state index in [1.54, 1.807) is 10.9 Å². The topological polar surface area (TPSA) is 34.9 Å². The molecule has 3 nitrogen and oxygen atoms in total. The molecule has 0 amide bonds. The predicted octanol–water partition coefficient (Wildman–Crippen LogP) is 3.21. The van der Waals surface area contributed by atoms with Crippen LogP contribution in [0.1, 0.15) is 5.56 Å². The highest BCUT2D eigenvalue weighted by Crippen LogP contribution is 2.11. The van der Waals surface area contributed by atoms with Crippen molar-refractivity contribution in [1.29, 1.82) is 0 Å². The molecule has 3 aromatic rings. The molecule has 0 spiro atoms. The number of hydrogen-bond donors (Lipinski definition) is 0. The largest absolute Gasteiger partial charge is 0.294 e. The summed E-state index contributed by atoms with van der Waals surface area (Å²) in [6, 6.07) is 15.3. The highest BCUT2D eigenvalue weighted by Gasteiger charge is 2.03. The Morgan fingerprint density at radius 1 is 1.05 bits per heavy atom. The molecule has 0 saturated heterocycles. The molecule has 0 bridgehead atoms. The number of nitrogens with zero attached hydrogens (tertiary/aromatic N) is 2. The van der Waals surface area contributed by atoms with Gasteiger partial charge in [0.15, 0.2) is 0 Å². The fraction of sp³-hybridized carbons (Fsp3) is 0.0667. The molecule has 1 aromatic heterocycles. The van der Waals surface area contributed by atoms with E-state index in [4.69, 9.17) is 0 Å². The Labute approximate surface area is 118 Å². The van der Waals surface area contributed by atoms with Gasteiger partial charge in [0.25, 0.3) is 5.56 Å². The normalized spacial score (nSPS) is 10.8. The van der Waals surface area contributed by atoms with Gasteiger partial charge in [-0.05, 0) is 29.8 Å². The fourth-order valence-electron chi connectivity index (χ4n) is 2.01. The van der Waals surface area contributed by atoms with Crippen molar-refractivity contribution in [3.8, 4) is 0 Å². The molecule has 3 rings (SSSR count). The van der Waals surface area contributed by atoms with Gasteiger partial charge in [-0.15, -0.1) is 0 Å². The van der Waals surface area contributed by atoms with Crippen LogP contribution in [0.4, 0.5) is 0 Å². The molecule has 0 N–H and O–H groups in total. The van der Waals surface area contributed by atoms with Crippen molar-refractivity contribution in [2.45, 2.75) is 6.54 Å². The van der Waals surface area contributed by atoms with E-state index in [1.165, 1.54) is 0 Å². The second kappa shape index (κ2) is 4.97. The van der Waals surface area contributed by atoms with Crippen LogP contribution < -0.4 is 5.56 Å². The summed E-state index contributed by atoms with van der Waals surface area (Å²) in [5, 5.41) is 0.655. The van der Waals surface area contributed by atoms with Crippen molar-refractivity contribution in [2.75, 3.05) is 0 Å². The molecule has 0 atom stereocenters. The average Bonchev–Trinajstić information content (AvgIpc) is 2.45. The van der Waals surface area contributed by atoms with E-state index in [-0.39, 0.29) is 5.56 Å². The average molecular weight is 315 g/mol. The van der Waals surface area contributed by atoms with Gasteiger partial charge >= 0.3 is 0 Å². The zero-order chi connectivity index (χ0) is 13.2. The minimum absolute atomic E-state index is 0.00600. The molecule has 0 aliphatic heterocycles. The molecular formula is C15H11BrN2O. The number of hydrogen-bond acceptors (Lipinski definition) is 2. The molecule has 94 valence electrons. The first-order valence-electron chi connectivity index (χ1n) is 5.93. The Kier molecular flexibility index (Phi) is 3.17. The minimum atomic E-state index is -0.00600. The third kappa shape index (κ3) is 2.44. The van der Waals surface area contributed by atoms with Gasteiger partial charge in [-0.3, -0.25) is 9.36 Å². The van der Waals surface area contributed by atoms with Gasteiger partial charge < -0.3 is 0 Å². The van der Waals surface area contributed by atoms with E-state index in [2.05, 4.69) is 20.9 Å². The quantitative estimate of drug-likeness (QED) is 0.728. The summed E-state index contributed by atoms with van der Waals surface area (Å²) in [7, 11) is 0. The maximum Gasteiger partial charge on any atom is 0.261 e. The van der Waals surface area contributed by atoms with Crippen LogP contribution in [0.2, 0.25) is 0 Å². The second-order valence-electron chi connectivity index (χ2n) is 4.32. The second-order valence-corrected chi connectivity index (χ2v) is 5.24. The van der Waals surface area contributed by atoms with Crippen molar-refractivity contribution in [1.82, 2.24) is 9.55 Å². The molecule has 4 heteroatoms. The number of rotatable bonds is 2. The van der Waals surface area contributed by atoms with Gasteiger partial charge in [0.2, 0.25) is 0 Å². The first-order chi connectivity index (χ1) is 9.24. The minimum Gasteiger partial charge on any atom is -0.294 e. The Morgan fingerprint density at radius 3 is 2.58 bits per heavy atom. The van der Waals surface area contributed by atoms with Gasteiger partial charge in [-0.25, -0.2) is 4.98 Å². The monoisotopic (exact) mass is 314 g/mol. The molecular weight excluding hydrogens is 304 g/mol. The molecule has 19 heavy (non-hydrogen) atoms. The highest BCUT2D eigenvalue weighted by molar-refractivity contribution is 9.10. The zero-order valence-corrected chi connectivity index (χ0v) is 11.7. The lowest BCUT2D eigenvalue weighted by Crippen LogP contribution is -2.21. The van der Waals surface area contributed by atoms with Gasteiger partial charge in [-0.2, -0.15) is 0 Å². The van der Waals surface area contributed by atoms with Gasteiger partial charge in [0, 0.05) is 4.47 Å². The molecule has 0 unspecified atom stereocenters. The fourth-order valence-corrected chi connectivity index (χ4v) is 2.27. The molecule has 0 radical (unpaired) electrons. The van der Waals surface area contributed by atoms with Crippen molar-refractivity contribution in [3.63, 3.8) is 0 Å². The lowest BCUT2D eigenvalue weighted by Gasteiger charge is -2.06. The summed E-state index contributed by atoms with van der Waals surface area (Å²) in [5.74, 6) is 0. The Morgan fingerprint density at radius 2 is 1.79 bits per heavy atom. The Balaban J connectivity index is 2.04. The Bertz CT molecular complexity index is 778. The predicted molar refractivity (Wildman–Crippen MR) is 79.2 cm³/mol. The smallest absolute Gasteiger partial charge is 0.261 e. The number of aromatic nitrogens is 2. The third-order valence-electron chi connectivity index (χ3n) is 3.00. The van der Waals surface area contributed by atoms with Crippen LogP contribution in [0.3, 0.4) is 0 Å². The third-order valence-corrected chi connectivity index (χ3v) is 3.53. The Hall–Kier alpha value is -1.94. The van der Waals surface area contributed by atoms with E-state index in [0.29, 0.717) is 11.9 Å². The van der Waals surface area contributed by atoms with E-state index < -0.39 is 0 Å². The molecule has 2 aromatic carbocycles. The summed E-state index contributed by atoms with van der Waals surface area (Å²) in [4.78, 5) is 16.6. The maximum atomic E-state index is 12.3. The molecule has 0 saturated carbocycles. The lowest BCUT2D eigenvalue weighted by molar-refractivity contribution is 0.748. The van der Waals surface area contributed by atoms with Crippen LogP contribution in [0, 0.1) is 0 Å². The van der Waals surface area contributed by atoms with Gasteiger partial charge in [-0.1, -0.05) is 40.2 Å². The molecule has 1 heterocycles. The van der Waals surface area contributed by atoms with Crippen LogP contribution in [-0.2, 0) is 6.54 Å². The summed E-state index contributed by atoms with van der Waals surface area (Å²) < 4.78 is 2.66. The summed E-state index contributed by atoms with van der Waals surface area (Å²) in [6.07, 6.45) is 1.60. The van der Waals surface area contributed by atoms with Gasteiger partial charge in [0.1, 0.15) is 0 Å². The number of fused-ring (bicyclic) bond motifs is 1.